The minimum Gasteiger partial charge on any atom is -0.315 e. The Morgan fingerprint density at radius 3 is 2.50 bits per heavy atom. The first-order valence-electron chi connectivity index (χ1n) is 7.24. The zero-order chi connectivity index (χ0) is 14.9. The number of aromatic nitrogens is 2. The molecule has 1 aliphatic heterocycles. The standard InChI is InChI=1S/C14H23ClN4O/c1-9(2)18-14(20)13(15)12(8-16-18)17-19-10(3)6-5-7-11(19)4/h8-11,17H,5-7H2,1-4H3. The molecule has 2 atom stereocenters. The van der Waals surface area contributed by atoms with Crippen LogP contribution in [0, 0.1) is 0 Å². The van der Waals surface area contributed by atoms with E-state index in [9.17, 15) is 4.79 Å². The van der Waals surface area contributed by atoms with Gasteiger partial charge >= 0.3 is 0 Å². The summed E-state index contributed by atoms with van der Waals surface area (Å²) in [7, 11) is 0. The first kappa shape index (κ1) is 15.3. The van der Waals surface area contributed by atoms with Crippen molar-refractivity contribution in [3.05, 3.63) is 21.6 Å². The van der Waals surface area contributed by atoms with Gasteiger partial charge < -0.3 is 5.43 Å². The Morgan fingerprint density at radius 2 is 1.95 bits per heavy atom. The summed E-state index contributed by atoms with van der Waals surface area (Å²) in [5.41, 5.74) is 3.63. The Kier molecular flexibility index (Phi) is 4.70. The summed E-state index contributed by atoms with van der Waals surface area (Å²) < 4.78 is 1.40. The van der Waals surface area contributed by atoms with E-state index in [0.717, 1.165) is 12.8 Å². The predicted octanol–water partition coefficient (Wildman–Crippen LogP) is 3.07. The molecule has 0 saturated carbocycles. The van der Waals surface area contributed by atoms with Gasteiger partial charge in [-0.1, -0.05) is 18.0 Å². The summed E-state index contributed by atoms with van der Waals surface area (Å²) in [6.07, 6.45) is 5.16. The Morgan fingerprint density at radius 1 is 1.35 bits per heavy atom. The average Bonchev–Trinajstić information content (AvgIpc) is 2.38. The van der Waals surface area contributed by atoms with Gasteiger partial charge in [-0.05, 0) is 40.5 Å². The van der Waals surface area contributed by atoms with Gasteiger partial charge in [-0.15, -0.1) is 0 Å². The molecule has 1 aromatic rings. The van der Waals surface area contributed by atoms with E-state index in [1.807, 2.05) is 13.8 Å². The summed E-state index contributed by atoms with van der Waals surface area (Å²) in [6.45, 7) is 8.18. The number of hydrazine groups is 1. The lowest BCUT2D eigenvalue weighted by Gasteiger charge is -2.39. The lowest BCUT2D eigenvalue weighted by Crippen LogP contribution is -2.47. The van der Waals surface area contributed by atoms with E-state index in [0.29, 0.717) is 17.8 Å². The molecule has 0 bridgehead atoms. The topological polar surface area (TPSA) is 50.2 Å². The van der Waals surface area contributed by atoms with Crippen LogP contribution in [0.3, 0.4) is 0 Å². The summed E-state index contributed by atoms with van der Waals surface area (Å²) in [6, 6.07) is 0.839. The molecule has 1 aliphatic rings. The van der Waals surface area contributed by atoms with Gasteiger partial charge in [0, 0.05) is 12.1 Å². The first-order valence-corrected chi connectivity index (χ1v) is 7.62. The number of nitrogens with zero attached hydrogens (tertiary/aromatic N) is 3. The molecule has 5 nitrogen and oxygen atoms in total. The zero-order valence-corrected chi connectivity index (χ0v) is 13.3. The Labute approximate surface area is 124 Å². The van der Waals surface area contributed by atoms with Gasteiger partial charge in [-0.25, -0.2) is 9.69 Å². The van der Waals surface area contributed by atoms with Crippen molar-refractivity contribution in [1.29, 1.82) is 0 Å². The molecule has 0 aromatic carbocycles. The fourth-order valence-electron chi connectivity index (χ4n) is 2.67. The summed E-state index contributed by atoms with van der Waals surface area (Å²) in [5.74, 6) is 0. The van der Waals surface area contributed by atoms with E-state index in [2.05, 4.69) is 29.4 Å². The van der Waals surface area contributed by atoms with E-state index < -0.39 is 0 Å². The third-order valence-electron chi connectivity index (χ3n) is 3.88. The van der Waals surface area contributed by atoms with Gasteiger partial charge in [0.25, 0.3) is 5.56 Å². The van der Waals surface area contributed by atoms with E-state index in [1.54, 1.807) is 6.20 Å². The molecule has 2 unspecified atom stereocenters. The highest BCUT2D eigenvalue weighted by Gasteiger charge is 2.25. The SMILES string of the molecule is CC1CCCC(C)N1Nc1cnn(C(C)C)c(=O)c1Cl. The van der Waals surface area contributed by atoms with Crippen molar-refractivity contribution in [3.63, 3.8) is 0 Å². The third-order valence-corrected chi connectivity index (χ3v) is 4.24. The molecule has 0 amide bonds. The van der Waals surface area contributed by atoms with Gasteiger partial charge in [0.15, 0.2) is 0 Å². The normalized spacial score (nSPS) is 24.1. The van der Waals surface area contributed by atoms with Gasteiger partial charge in [-0.2, -0.15) is 5.10 Å². The Hall–Kier alpha value is -1.07. The third kappa shape index (κ3) is 2.99. The van der Waals surface area contributed by atoms with Crippen molar-refractivity contribution in [2.45, 2.75) is 65.1 Å². The van der Waals surface area contributed by atoms with Gasteiger partial charge in [0.05, 0.1) is 17.9 Å². The van der Waals surface area contributed by atoms with Crippen molar-refractivity contribution in [1.82, 2.24) is 14.8 Å². The smallest absolute Gasteiger partial charge is 0.287 e. The van der Waals surface area contributed by atoms with Crippen LogP contribution < -0.4 is 11.0 Å². The molecular weight excluding hydrogens is 276 g/mol. The van der Waals surface area contributed by atoms with Crippen molar-refractivity contribution in [3.8, 4) is 0 Å². The zero-order valence-electron chi connectivity index (χ0n) is 12.6. The van der Waals surface area contributed by atoms with Crippen LogP contribution in [0.4, 0.5) is 5.69 Å². The van der Waals surface area contributed by atoms with Gasteiger partial charge in [-0.3, -0.25) is 4.79 Å². The number of halogens is 1. The quantitative estimate of drug-likeness (QED) is 0.932. The van der Waals surface area contributed by atoms with E-state index in [-0.39, 0.29) is 16.6 Å². The van der Waals surface area contributed by atoms with Crippen LogP contribution in [0.25, 0.3) is 0 Å². The van der Waals surface area contributed by atoms with E-state index in [1.165, 1.54) is 11.1 Å². The number of nitrogens with one attached hydrogen (secondary N) is 1. The monoisotopic (exact) mass is 298 g/mol. The van der Waals surface area contributed by atoms with Crippen LogP contribution in [0.1, 0.15) is 53.0 Å². The van der Waals surface area contributed by atoms with Crippen molar-refractivity contribution >= 4 is 17.3 Å². The lowest BCUT2D eigenvalue weighted by molar-refractivity contribution is 0.135. The number of hydrogen-bond donors (Lipinski definition) is 1. The molecule has 20 heavy (non-hydrogen) atoms. The second-order valence-electron chi connectivity index (χ2n) is 5.86. The number of anilines is 1. The summed E-state index contributed by atoms with van der Waals surface area (Å²) >= 11 is 6.19. The van der Waals surface area contributed by atoms with Crippen LogP contribution in [-0.2, 0) is 0 Å². The molecular formula is C14H23ClN4O. The maximum atomic E-state index is 12.1. The molecule has 0 radical (unpaired) electrons. The average molecular weight is 299 g/mol. The van der Waals surface area contributed by atoms with Crippen LogP contribution >= 0.6 is 11.6 Å². The largest absolute Gasteiger partial charge is 0.315 e. The molecule has 112 valence electrons. The Balaban J connectivity index is 2.26. The highest BCUT2D eigenvalue weighted by molar-refractivity contribution is 6.32. The summed E-state index contributed by atoms with van der Waals surface area (Å²) in [5, 5.41) is 6.56. The fourth-order valence-corrected chi connectivity index (χ4v) is 2.85. The number of rotatable bonds is 3. The highest BCUT2D eigenvalue weighted by Crippen LogP contribution is 2.25. The van der Waals surface area contributed by atoms with Gasteiger partial charge in [0.2, 0.25) is 0 Å². The molecule has 1 aromatic heterocycles. The van der Waals surface area contributed by atoms with Crippen LogP contribution in [0.2, 0.25) is 5.02 Å². The lowest BCUT2D eigenvalue weighted by atomic mass is 10.00. The number of piperidine rings is 1. The van der Waals surface area contributed by atoms with Crippen LogP contribution in [0.15, 0.2) is 11.0 Å². The van der Waals surface area contributed by atoms with Crippen molar-refractivity contribution in [2.24, 2.45) is 0 Å². The van der Waals surface area contributed by atoms with Crippen LogP contribution in [0.5, 0.6) is 0 Å². The van der Waals surface area contributed by atoms with E-state index in [4.69, 9.17) is 11.6 Å². The maximum absolute atomic E-state index is 12.1. The molecule has 6 heteroatoms. The Bertz CT molecular complexity index is 518. The molecule has 1 fully saturated rings. The van der Waals surface area contributed by atoms with Crippen molar-refractivity contribution in [2.75, 3.05) is 5.43 Å². The van der Waals surface area contributed by atoms with Crippen molar-refractivity contribution < 1.29 is 0 Å². The molecule has 0 spiro atoms. The molecule has 2 heterocycles. The molecule has 1 saturated heterocycles. The van der Waals surface area contributed by atoms with Gasteiger partial charge in [0.1, 0.15) is 5.02 Å². The second-order valence-corrected chi connectivity index (χ2v) is 6.24. The second kappa shape index (κ2) is 6.14. The predicted molar refractivity (Wildman–Crippen MR) is 82.1 cm³/mol. The minimum atomic E-state index is -0.246. The molecule has 2 rings (SSSR count). The van der Waals surface area contributed by atoms with E-state index >= 15 is 0 Å². The maximum Gasteiger partial charge on any atom is 0.287 e. The molecule has 1 N–H and O–H groups in total. The summed E-state index contributed by atoms with van der Waals surface area (Å²) in [4.78, 5) is 12.1. The molecule has 0 aliphatic carbocycles. The fraction of sp³-hybridized carbons (Fsp3) is 0.714. The highest BCUT2D eigenvalue weighted by atomic mass is 35.5. The number of hydrogen-bond acceptors (Lipinski definition) is 4. The minimum absolute atomic E-state index is 0.00174. The van der Waals surface area contributed by atoms with Crippen LogP contribution in [-0.4, -0.2) is 26.9 Å². The first-order chi connectivity index (χ1) is 9.41.